The van der Waals surface area contributed by atoms with Gasteiger partial charge in [0.2, 0.25) is 6.79 Å². The van der Waals surface area contributed by atoms with Gasteiger partial charge >= 0.3 is 0 Å². The van der Waals surface area contributed by atoms with Crippen molar-refractivity contribution in [2.24, 2.45) is 5.92 Å². The fourth-order valence-electron chi connectivity index (χ4n) is 2.13. The molecular formula is C15H20O3. The maximum atomic E-state index is 11.8. The minimum Gasteiger partial charge on any atom is -0.454 e. The molecule has 0 N–H and O–H groups in total. The zero-order chi connectivity index (χ0) is 13.0. The van der Waals surface area contributed by atoms with E-state index in [1.807, 2.05) is 32.0 Å². The Labute approximate surface area is 108 Å². The Morgan fingerprint density at radius 1 is 1.22 bits per heavy atom. The van der Waals surface area contributed by atoms with E-state index < -0.39 is 0 Å². The van der Waals surface area contributed by atoms with Crippen LogP contribution in [0.5, 0.6) is 11.5 Å². The van der Waals surface area contributed by atoms with Crippen molar-refractivity contribution in [3.05, 3.63) is 23.8 Å². The van der Waals surface area contributed by atoms with E-state index >= 15 is 0 Å². The second-order valence-corrected chi connectivity index (χ2v) is 4.46. The number of hydrogen-bond donors (Lipinski definition) is 0. The van der Waals surface area contributed by atoms with Crippen molar-refractivity contribution in [1.82, 2.24) is 0 Å². The number of carbonyl (C=O) groups excluding carboxylic acids is 1. The normalized spacial score (nSPS) is 16.6. The lowest BCUT2D eigenvalue weighted by atomic mass is 9.80. The monoisotopic (exact) mass is 248 g/mol. The zero-order valence-corrected chi connectivity index (χ0v) is 11.1. The van der Waals surface area contributed by atoms with Gasteiger partial charge in [0, 0.05) is 12.3 Å². The Balaban J connectivity index is 0.000000574. The van der Waals surface area contributed by atoms with Gasteiger partial charge in [-0.3, -0.25) is 4.79 Å². The van der Waals surface area contributed by atoms with Gasteiger partial charge in [-0.05, 0) is 30.5 Å². The molecule has 98 valence electrons. The number of hydrogen-bond acceptors (Lipinski definition) is 3. The molecule has 3 rings (SSSR count). The van der Waals surface area contributed by atoms with E-state index in [1.165, 1.54) is 6.42 Å². The molecule has 0 spiro atoms. The standard InChI is InChI=1S/C13H14O3.C2H6/c14-11(10-2-1-3-10)6-9-4-5-12-13(7-9)16-8-15-12;1-2/h4-5,7,10H,1-3,6,8H2;1-2H3. The molecule has 0 bridgehead atoms. The highest BCUT2D eigenvalue weighted by molar-refractivity contribution is 5.84. The maximum absolute atomic E-state index is 11.8. The van der Waals surface area contributed by atoms with Gasteiger partial charge < -0.3 is 9.47 Å². The highest BCUT2D eigenvalue weighted by atomic mass is 16.7. The molecule has 0 aromatic heterocycles. The summed E-state index contributed by atoms with van der Waals surface area (Å²) in [6.45, 7) is 4.29. The molecule has 2 aliphatic rings. The van der Waals surface area contributed by atoms with Gasteiger partial charge in [0.25, 0.3) is 0 Å². The summed E-state index contributed by atoms with van der Waals surface area (Å²) in [4.78, 5) is 11.8. The third-order valence-corrected chi connectivity index (χ3v) is 3.38. The molecule has 1 aromatic rings. The summed E-state index contributed by atoms with van der Waals surface area (Å²) in [5.41, 5.74) is 1.03. The van der Waals surface area contributed by atoms with Crippen molar-refractivity contribution >= 4 is 5.78 Å². The van der Waals surface area contributed by atoms with Crippen molar-refractivity contribution in [2.45, 2.75) is 39.5 Å². The minimum absolute atomic E-state index is 0.287. The number of benzene rings is 1. The maximum Gasteiger partial charge on any atom is 0.231 e. The van der Waals surface area contributed by atoms with Crippen LogP contribution in [0, 0.1) is 5.92 Å². The van der Waals surface area contributed by atoms with Crippen LogP contribution in [-0.4, -0.2) is 12.6 Å². The smallest absolute Gasteiger partial charge is 0.231 e. The lowest BCUT2D eigenvalue weighted by molar-refractivity contribution is -0.124. The summed E-state index contributed by atoms with van der Waals surface area (Å²) in [7, 11) is 0. The van der Waals surface area contributed by atoms with Crippen molar-refractivity contribution in [3.8, 4) is 11.5 Å². The third kappa shape index (κ3) is 2.66. The van der Waals surface area contributed by atoms with Crippen LogP contribution in [0.3, 0.4) is 0 Å². The van der Waals surface area contributed by atoms with E-state index in [0.717, 1.165) is 29.9 Å². The van der Waals surface area contributed by atoms with Crippen molar-refractivity contribution in [1.29, 1.82) is 0 Å². The SMILES string of the molecule is CC.O=C(Cc1ccc2c(c1)OCO2)C1CCC1. The first-order valence-corrected chi connectivity index (χ1v) is 6.74. The van der Waals surface area contributed by atoms with Gasteiger partial charge in [0.05, 0.1) is 0 Å². The predicted octanol–water partition coefficient (Wildman–Crippen LogP) is 3.35. The minimum atomic E-state index is 0.287. The van der Waals surface area contributed by atoms with E-state index in [1.54, 1.807) is 0 Å². The molecule has 0 radical (unpaired) electrons. The van der Waals surface area contributed by atoms with Gasteiger partial charge in [-0.15, -0.1) is 0 Å². The quantitative estimate of drug-likeness (QED) is 0.822. The van der Waals surface area contributed by atoms with Crippen LogP contribution in [0.4, 0.5) is 0 Å². The van der Waals surface area contributed by atoms with Crippen LogP contribution in [0.1, 0.15) is 38.7 Å². The summed E-state index contributed by atoms with van der Waals surface area (Å²) in [5, 5.41) is 0. The Morgan fingerprint density at radius 3 is 2.61 bits per heavy atom. The molecule has 1 aliphatic carbocycles. The van der Waals surface area contributed by atoms with Crippen LogP contribution < -0.4 is 9.47 Å². The Kier molecular flexibility index (Phi) is 4.24. The molecule has 3 nitrogen and oxygen atoms in total. The first-order valence-electron chi connectivity index (χ1n) is 6.74. The molecule has 0 atom stereocenters. The first-order chi connectivity index (χ1) is 8.83. The Hall–Kier alpha value is -1.51. The molecule has 1 saturated carbocycles. The number of rotatable bonds is 3. The highest BCUT2D eigenvalue weighted by Gasteiger charge is 2.25. The first kappa shape index (κ1) is 12.9. The van der Waals surface area contributed by atoms with Crippen LogP contribution in [0.15, 0.2) is 18.2 Å². The summed E-state index contributed by atoms with van der Waals surface area (Å²) >= 11 is 0. The number of ether oxygens (including phenoxy) is 2. The summed E-state index contributed by atoms with van der Waals surface area (Å²) in [6, 6.07) is 5.74. The lowest BCUT2D eigenvalue weighted by Gasteiger charge is -2.23. The van der Waals surface area contributed by atoms with Crippen LogP contribution in [-0.2, 0) is 11.2 Å². The summed E-state index contributed by atoms with van der Waals surface area (Å²) in [6.07, 6.45) is 3.88. The van der Waals surface area contributed by atoms with Gasteiger partial charge in [-0.2, -0.15) is 0 Å². The molecule has 0 saturated heterocycles. The number of carbonyl (C=O) groups is 1. The second-order valence-electron chi connectivity index (χ2n) is 4.46. The topological polar surface area (TPSA) is 35.5 Å². The molecule has 1 fully saturated rings. The molecule has 0 unspecified atom stereocenters. The largest absolute Gasteiger partial charge is 0.454 e. The average Bonchev–Trinajstić information content (AvgIpc) is 2.76. The van der Waals surface area contributed by atoms with Gasteiger partial charge in [0.1, 0.15) is 5.78 Å². The fourth-order valence-corrected chi connectivity index (χ4v) is 2.13. The highest BCUT2D eigenvalue weighted by Crippen LogP contribution is 2.34. The summed E-state index contributed by atoms with van der Waals surface area (Å²) < 4.78 is 10.5. The molecule has 18 heavy (non-hydrogen) atoms. The molecule has 1 heterocycles. The van der Waals surface area contributed by atoms with Gasteiger partial charge in [-0.25, -0.2) is 0 Å². The van der Waals surface area contributed by atoms with Gasteiger partial charge in [-0.1, -0.05) is 26.3 Å². The third-order valence-electron chi connectivity index (χ3n) is 3.38. The van der Waals surface area contributed by atoms with E-state index in [0.29, 0.717) is 18.1 Å². The number of fused-ring (bicyclic) bond motifs is 1. The van der Waals surface area contributed by atoms with E-state index in [4.69, 9.17) is 9.47 Å². The zero-order valence-electron chi connectivity index (χ0n) is 11.1. The van der Waals surface area contributed by atoms with Crippen LogP contribution in [0.25, 0.3) is 0 Å². The second kappa shape index (κ2) is 5.89. The van der Waals surface area contributed by atoms with Crippen LogP contribution >= 0.6 is 0 Å². The van der Waals surface area contributed by atoms with E-state index in [9.17, 15) is 4.79 Å². The molecule has 1 aliphatic heterocycles. The van der Waals surface area contributed by atoms with Crippen molar-refractivity contribution in [2.75, 3.05) is 6.79 Å². The Morgan fingerprint density at radius 2 is 1.94 bits per heavy atom. The summed E-state index contributed by atoms with van der Waals surface area (Å²) in [5.74, 6) is 2.22. The van der Waals surface area contributed by atoms with Gasteiger partial charge in [0.15, 0.2) is 11.5 Å². The average molecular weight is 248 g/mol. The Bertz CT molecular complexity index is 422. The lowest BCUT2D eigenvalue weighted by Crippen LogP contribution is -2.23. The predicted molar refractivity (Wildman–Crippen MR) is 70.0 cm³/mol. The number of Topliss-reactive ketones (excluding diaryl/α,β-unsaturated/α-hetero) is 1. The number of ketones is 1. The fraction of sp³-hybridized carbons (Fsp3) is 0.533. The van der Waals surface area contributed by atoms with E-state index in [2.05, 4.69) is 0 Å². The van der Waals surface area contributed by atoms with E-state index in [-0.39, 0.29) is 6.79 Å². The molecule has 3 heteroatoms. The molecule has 0 amide bonds. The van der Waals surface area contributed by atoms with Crippen LogP contribution in [0.2, 0.25) is 0 Å². The molecule has 1 aromatic carbocycles. The van der Waals surface area contributed by atoms with Crippen molar-refractivity contribution < 1.29 is 14.3 Å². The molecular weight excluding hydrogens is 228 g/mol. The van der Waals surface area contributed by atoms with Crippen molar-refractivity contribution in [3.63, 3.8) is 0 Å².